The number of nitrogens with zero attached hydrogens (tertiary/aromatic N) is 3. The first-order chi connectivity index (χ1) is 24.2. The van der Waals surface area contributed by atoms with Crippen LogP contribution in [0.3, 0.4) is 0 Å². The van der Waals surface area contributed by atoms with E-state index in [4.69, 9.17) is 0 Å². The lowest BCUT2D eigenvalue weighted by Crippen LogP contribution is -2.24. The minimum atomic E-state index is -3.08. The van der Waals surface area contributed by atoms with Crippen LogP contribution in [0.25, 0.3) is 60.8 Å². The Morgan fingerprint density at radius 3 is 1.31 bits per heavy atom. The van der Waals surface area contributed by atoms with E-state index in [1.54, 1.807) is 0 Å². The molecular weight excluding hydrogens is 617 g/mol. The summed E-state index contributed by atoms with van der Waals surface area (Å²) in [6, 6.07) is 59.9. The smallest absolute Gasteiger partial charge is 0.171 e. The number of pyridine rings is 1. The van der Waals surface area contributed by atoms with E-state index in [-0.39, 0.29) is 0 Å². The highest BCUT2D eigenvalue weighted by Crippen LogP contribution is 2.46. The third-order valence-electron chi connectivity index (χ3n) is 9.44. The molecule has 0 aliphatic rings. The summed E-state index contributed by atoms with van der Waals surface area (Å²) in [5, 5.41) is 16.0. The van der Waals surface area contributed by atoms with Crippen LogP contribution >= 0.6 is 7.14 Å². The van der Waals surface area contributed by atoms with Crippen molar-refractivity contribution in [3.63, 3.8) is 0 Å². The van der Waals surface area contributed by atoms with Crippen molar-refractivity contribution in [2.24, 2.45) is 0 Å². The van der Waals surface area contributed by atoms with Crippen LogP contribution in [0.5, 0.6) is 0 Å². The summed E-state index contributed by atoms with van der Waals surface area (Å²) in [5.41, 5.74) is 6.42. The van der Waals surface area contributed by atoms with Gasteiger partial charge in [0.15, 0.2) is 18.6 Å². The quantitative estimate of drug-likeness (QED) is 0.133. The van der Waals surface area contributed by atoms with E-state index in [1.165, 1.54) is 32.7 Å². The van der Waals surface area contributed by atoms with Gasteiger partial charge in [0.1, 0.15) is 0 Å². The highest BCUT2D eigenvalue weighted by molar-refractivity contribution is 7.85. The van der Waals surface area contributed by atoms with Gasteiger partial charge in [-0.05, 0) is 55.9 Å². The molecule has 0 amide bonds. The van der Waals surface area contributed by atoms with Gasteiger partial charge in [-0.3, -0.25) is 4.40 Å². The lowest BCUT2D eigenvalue weighted by Gasteiger charge is -2.21. The Labute approximate surface area is 284 Å². The monoisotopic (exact) mass is 647 g/mol. The highest BCUT2D eigenvalue weighted by atomic mass is 31.2. The molecule has 0 fully saturated rings. The van der Waals surface area contributed by atoms with Gasteiger partial charge in [0.2, 0.25) is 0 Å². The van der Waals surface area contributed by atoms with E-state index in [0.717, 1.165) is 44.1 Å². The van der Waals surface area contributed by atoms with Gasteiger partial charge in [0.05, 0.1) is 0 Å². The molecule has 49 heavy (non-hydrogen) atoms. The fourth-order valence-electron chi connectivity index (χ4n) is 7.14. The van der Waals surface area contributed by atoms with Gasteiger partial charge in [-0.15, -0.1) is 10.2 Å². The largest absolute Gasteiger partial charge is 0.309 e. The van der Waals surface area contributed by atoms with Crippen LogP contribution in [0.4, 0.5) is 0 Å². The molecule has 0 atom stereocenters. The fourth-order valence-corrected chi connectivity index (χ4v) is 9.78. The molecule has 5 heteroatoms. The summed E-state index contributed by atoms with van der Waals surface area (Å²) in [7, 11) is -3.08. The van der Waals surface area contributed by atoms with Gasteiger partial charge in [-0.25, -0.2) is 0 Å². The molecule has 0 radical (unpaired) electrons. The van der Waals surface area contributed by atoms with Crippen LogP contribution < -0.4 is 15.9 Å². The van der Waals surface area contributed by atoms with Crippen molar-refractivity contribution in [3.05, 3.63) is 182 Å². The predicted molar refractivity (Wildman–Crippen MR) is 204 cm³/mol. The summed E-state index contributed by atoms with van der Waals surface area (Å²) < 4.78 is 17.1. The first kappa shape index (κ1) is 29.1. The fraction of sp³-hybridized carbons (Fsp3) is 0. The van der Waals surface area contributed by atoms with Crippen molar-refractivity contribution >= 4 is 50.2 Å². The third-order valence-corrected chi connectivity index (χ3v) is 12.5. The molecule has 9 aromatic rings. The maximum absolute atomic E-state index is 15.0. The maximum atomic E-state index is 15.0. The molecule has 4 nitrogen and oxygen atoms in total. The summed E-state index contributed by atoms with van der Waals surface area (Å²) >= 11 is 0. The average molecular weight is 648 g/mol. The molecule has 0 aliphatic carbocycles. The van der Waals surface area contributed by atoms with Gasteiger partial charge in [0, 0.05) is 27.7 Å². The zero-order chi connectivity index (χ0) is 32.8. The van der Waals surface area contributed by atoms with Crippen molar-refractivity contribution in [2.45, 2.75) is 0 Å². The Balaban J connectivity index is 1.19. The van der Waals surface area contributed by atoms with E-state index >= 15 is 4.57 Å². The molecule has 9 rings (SSSR count). The number of fused-ring (bicyclic) bond motifs is 3. The molecule has 0 unspecified atom stereocenters. The second kappa shape index (κ2) is 11.9. The lowest BCUT2D eigenvalue weighted by molar-refractivity contribution is 0.592. The maximum Gasteiger partial charge on any atom is 0.171 e. The van der Waals surface area contributed by atoms with Crippen LogP contribution in [0.15, 0.2) is 182 Å². The van der Waals surface area contributed by atoms with E-state index < -0.39 is 7.14 Å². The Morgan fingerprint density at radius 2 is 0.796 bits per heavy atom. The number of aromatic nitrogens is 3. The minimum Gasteiger partial charge on any atom is -0.309 e. The standard InChI is InChI=1S/C44H30N3OP/c48-49(34-13-3-1-4-14-34,35-15-5-2-6-16-35)36-28-26-32(27-29-36)43-39-19-9-7-17-37(39)42(38-18-8-10-20-40(38)43)31-22-24-33(25-23-31)44-46-45-41-21-11-12-30-47(41)44/h1-30H. The first-order valence-corrected chi connectivity index (χ1v) is 18.1. The minimum absolute atomic E-state index is 0.819. The molecule has 0 N–H and O–H groups in total. The zero-order valence-corrected chi connectivity index (χ0v) is 27.4. The average Bonchev–Trinajstić information content (AvgIpc) is 3.62. The van der Waals surface area contributed by atoms with Crippen molar-refractivity contribution in [1.29, 1.82) is 0 Å². The van der Waals surface area contributed by atoms with Crippen molar-refractivity contribution in [1.82, 2.24) is 14.6 Å². The molecule has 7 aromatic carbocycles. The Hall–Kier alpha value is -6.09. The molecule has 0 bridgehead atoms. The van der Waals surface area contributed by atoms with Crippen molar-refractivity contribution < 1.29 is 4.57 Å². The number of hydrogen-bond acceptors (Lipinski definition) is 3. The Kier molecular flexibility index (Phi) is 7.04. The lowest BCUT2D eigenvalue weighted by atomic mass is 9.86. The van der Waals surface area contributed by atoms with Crippen molar-refractivity contribution in [3.8, 4) is 33.6 Å². The van der Waals surface area contributed by atoms with Crippen LogP contribution in [0.1, 0.15) is 0 Å². The van der Waals surface area contributed by atoms with Gasteiger partial charge in [-0.2, -0.15) is 0 Å². The van der Waals surface area contributed by atoms with Gasteiger partial charge < -0.3 is 4.57 Å². The third kappa shape index (κ3) is 4.80. The molecule has 2 heterocycles. The zero-order valence-electron chi connectivity index (χ0n) is 26.5. The normalized spacial score (nSPS) is 11.8. The first-order valence-electron chi connectivity index (χ1n) is 16.4. The summed E-state index contributed by atoms with van der Waals surface area (Å²) in [6.07, 6.45) is 1.99. The molecule has 0 spiro atoms. The van der Waals surface area contributed by atoms with Crippen LogP contribution in [-0.4, -0.2) is 14.6 Å². The second-order valence-electron chi connectivity index (χ2n) is 12.2. The summed E-state index contributed by atoms with van der Waals surface area (Å²) in [6.45, 7) is 0. The predicted octanol–water partition coefficient (Wildman–Crippen LogP) is 9.68. The molecule has 0 saturated carbocycles. The molecular formula is C44H30N3OP. The molecule has 2 aromatic heterocycles. The van der Waals surface area contributed by atoms with Crippen LogP contribution in [0, 0.1) is 0 Å². The van der Waals surface area contributed by atoms with E-state index in [2.05, 4.69) is 107 Å². The Bertz CT molecular complexity index is 2570. The summed E-state index contributed by atoms with van der Waals surface area (Å²) in [5.74, 6) is 0.819. The van der Waals surface area contributed by atoms with Gasteiger partial charge in [0.25, 0.3) is 0 Å². The SMILES string of the molecule is O=P(c1ccccc1)(c1ccccc1)c1ccc(-c2c3ccccc3c(-c3ccc(-c4nnc5ccccn45)cc3)c3ccccc23)cc1. The van der Waals surface area contributed by atoms with E-state index in [0.29, 0.717) is 0 Å². The second-order valence-corrected chi connectivity index (χ2v) is 15.0. The van der Waals surface area contributed by atoms with E-state index in [9.17, 15) is 0 Å². The number of rotatable bonds is 6. The summed E-state index contributed by atoms with van der Waals surface area (Å²) in [4.78, 5) is 0. The highest BCUT2D eigenvalue weighted by Gasteiger charge is 2.29. The molecule has 0 aliphatic heterocycles. The molecule has 0 saturated heterocycles. The topological polar surface area (TPSA) is 47.3 Å². The van der Waals surface area contributed by atoms with Gasteiger partial charge in [-0.1, -0.05) is 164 Å². The van der Waals surface area contributed by atoms with Gasteiger partial charge >= 0.3 is 0 Å². The van der Waals surface area contributed by atoms with Crippen LogP contribution in [0.2, 0.25) is 0 Å². The van der Waals surface area contributed by atoms with Crippen LogP contribution in [-0.2, 0) is 4.57 Å². The number of benzene rings is 7. The molecule has 232 valence electrons. The van der Waals surface area contributed by atoms with E-state index in [1.807, 2.05) is 89.5 Å². The Morgan fingerprint density at radius 1 is 0.388 bits per heavy atom. The van der Waals surface area contributed by atoms with Crippen molar-refractivity contribution in [2.75, 3.05) is 0 Å². The number of hydrogen-bond donors (Lipinski definition) is 0.